The van der Waals surface area contributed by atoms with Crippen molar-refractivity contribution in [1.29, 1.82) is 0 Å². The summed E-state index contributed by atoms with van der Waals surface area (Å²) in [6.07, 6.45) is 11.0. The van der Waals surface area contributed by atoms with Gasteiger partial charge in [-0.15, -0.1) is 0 Å². The highest BCUT2D eigenvalue weighted by atomic mass is 35.5. The van der Waals surface area contributed by atoms with Crippen LogP contribution >= 0.6 is 34.8 Å². The third-order valence-corrected chi connectivity index (χ3v) is 14.2. The molecule has 0 fully saturated rings. The van der Waals surface area contributed by atoms with Gasteiger partial charge in [0.05, 0.1) is 0 Å². The lowest BCUT2D eigenvalue weighted by Crippen LogP contribution is -1.95. The van der Waals surface area contributed by atoms with E-state index in [1.807, 2.05) is 113 Å². The van der Waals surface area contributed by atoms with Crippen LogP contribution in [-0.4, -0.2) is 24.9 Å². The maximum atomic E-state index is 12.8. The van der Waals surface area contributed by atoms with Crippen molar-refractivity contribution in [2.75, 3.05) is 0 Å². The Morgan fingerprint density at radius 1 is 0.345 bits per heavy atom. The summed E-state index contributed by atoms with van der Waals surface area (Å²) >= 11 is 17.8. The fourth-order valence-electron chi connectivity index (χ4n) is 8.61. The zero-order valence-corrected chi connectivity index (χ0v) is 56.1. The van der Waals surface area contributed by atoms with Crippen LogP contribution in [0, 0.1) is 47.4 Å². The van der Waals surface area contributed by atoms with Crippen molar-refractivity contribution < 1.29 is 4.39 Å². The molecule has 0 atom stereocenters. The van der Waals surface area contributed by atoms with Gasteiger partial charge < -0.3 is 0 Å². The number of nitrogens with zero attached hydrogens (tertiary/aromatic N) is 5. The van der Waals surface area contributed by atoms with Crippen molar-refractivity contribution in [3.8, 4) is 0 Å². The van der Waals surface area contributed by atoms with E-state index in [0.29, 0.717) is 41.4 Å². The predicted octanol–water partition coefficient (Wildman–Crippen LogP) is 24.7. The van der Waals surface area contributed by atoms with E-state index in [1.165, 1.54) is 61.8 Å². The Morgan fingerprint density at radius 2 is 0.798 bits per heavy atom. The molecule has 0 saturated carbocycles. The number of benzene rings is 4. The normalized spacial score (nSPS) is 10.2. The summed E-state index contributed by atoms with van der Waals surface area (Å²) in [5, 5.41) is 2.39. The molecule has 4 heterocycles. The lowest BCUT2D eigenvalue weighted by molar-refractivity contribution is 0.598. The second kappa shape index (κ2) is 42.9. The van der Waals surface area contributed by atoms with E-state index in [0.717, 1.165) is 37.6 Å². The molecule has 0 N–H and O–H groups in total. The first-order valence-corrected chi connectivity index (χ1v) is 30.2. The molecule has 4 aromatic heterocycles. The molecule has 84 heavy (non-hydrogen) atoms. The SMILES string of the molecule is C.C.CC(C)c1c(Cl)cccc1Cl.CC(C)c1ccccc1Cl.CC(C)c1ccccc1F.Cc1cc(C(C)C)c(C)cn1.Cc1ccccc1C(C)C.Cc1cccnc1C(C)C.Cc1ccncc1C(C)C.Cc1ncncc1C(C)C. The van der Waals surface area contributed by atoms with E-state index in [9.17, 15) is 4.39 Å². The number of pyridine rings is 3. The Hall–Kier alpha value is -5.79. The molecule has 8 aromatic rings. The molecule has 8 rings (SSSR count). The molecule has 0 saturated heterocycles. The van der Waals surface area contributed by atoms with Crippen molar-refractivity contribution in [3.05, 3.63) is 252 Å². The number of halogens is 4. The fraction of sp³-hybridized carbons (Fsp3) is 0.427. The van der Waals surface area contributed by atoms with Crippen molar-refractivity contribution in [1.82, 2.24) is 24.9 Å². The third-order valence-electron chi connectivity index (χ3n) is 13.2. The molecule has 0 amide bonds. The van der Waals surface area contributed by atoms with Crippen molar-refractivity contribution >= 4 is 34.8 Å². The number of hydrogen-bond donors (Lipinski definition) is 0. The van der Waals surface area contributed by atoms with Crippen LogP contribution in [0.1, 0.15) is 251 Å². The lowest BCUT2D eigenvalue weighted by atomic mass is 9.99. The van der Waals surface area contributed by atoms with E-state index in [-0.39, 0.29) is 26.6 Å². The topological polar surface area (TPSA) is 64.5 Å². The van der Waals surface area contributed by atoms with Gasteiger partial charge in [-0.3, -0.25) is 15.0 Å². The molecule has 0 bridgehead atoms. The maximum absolute atomic E-state index is 12.8. The molecule has 4 aromatic carbocycles. The molecule has 5 nitrogen and oxygen atoms in total. The van der Waals surface area contributed by atoms with Gasteiger partial charge in [0.1, 0.15) is 12.1 Å². The molecule has 460 valence electrons. The molecular weight excluding hydrogens is 1100 g/mol. The van der Waals surface area contributed by atoms with Crippen LogP contribution in [0.25, 0.3) is 0 Å². The van der Waals surface area contributed by atoms with Gasteiger partial charge in [-0.1, -0.05) is 233 Å². The highest BCUT2D eigenvalue weighted by Crippen LogP contribution is 2.31. The zero-order valence-electron chi connectivity index (χ0n) is 53.8. The first kappa shape index (κ1) is 80.3. The first-order valence-electron chi connectivity index (χ1n) is 29.0. The van der Waals surface area contributed by atoms with Gasteiger partial charge in [0.2, 0.25) is 0 Å². The molecule has 9 heteroatoms. The van der Waals surface area contributed by atoms with Crippen molar-refractivity contribution in [2.24, 2.45) is 0 Å². The van der Waals surface area contributed by atoms with E-state index in [1.54, 1.807) is 12.4 Å². The average Bonchev–Trinajstić information content (AvgIpc) is 3.44. The van der Waals surface area contributed by atoms with E-state index < -0.39 is 0 Å². The van der Waals surface area contributed by atoms with Crippen LogP contribution in [-0.2, 0) is 0 Å². The van der Waals surface area contributed by atoms with Crippen molar-refractivity contribution in [2.45, 2.75) is 215 Å². The van der Waals surface area contributed by atoms with Gasteiger partial charge in [0.15, 0.2) is 0 Å². The number of hydrogen-bond acceptors (Lipinski definition) is 5. The number of aryl methyl sites for hydroxylation is 6. The van der Waals surface area contributed by atoms with Gasteiger partial charge in [0, 0.05) is 63.1 Å². The Kier molecular flexibility index (Phi) is 41.0. The van der Waals surface area contributed by atoms with Crippen LogP contribution in [0.5, 0.6) is 0 Å². The number of rotatable bonds is 8. The van der Waals surface area contributed by atoms with Gasteiger partial charge in [-0.2, -0.15) is 0 Å². The summed E-state index contributed by atoms with van der Waals surface area (Å²) < 4.78 is 12.8. The third kappa shape index (κ3) is 30.3. The molecule has 0 aliphatic rings. The standard InChI is InChI=1S/C10H15N.C10H14.C9H10Cl2.C9H11Cl.C9H11F.2C9H13N.C8H12N2.2CH4/c1-7(2)10-5-9(4)11-6-8(10)3;1-8(2)10-7-5-4-6-9(10)3;1-6(2)9-7(10)4-3-5-8(9)11;2*1-7(2)8-5-3-4-6-9(8)10;1-7(2)9-6-10-5-4-8(9)3;1-7(2)9-8(3)5-4-6-10-9;1-6(2)8-4-9-5-10-7(8)3;;/h5-7H,1-4H3;4-8H,1-3H3;3-6H,1-2H3;2*3-7H,1-2H3;2*4-7H,1-3H3;4-6H,1-3H3;2*1H4. The Balaban J connectivity index is 0. The van der Waals surface area contributed by atoms with Crippen LogP contribution in [0.2, 0.25) is 15.1 Å². The maximum Gasteiger partial charge on any atom is 0.126 e. The second-order valence-electron chi connectivity index (χ2n) is 23.0. The molecule has 0 aliphatic heterocycles. The van der Waals surface area contributed by atoms with E-state index in [2.05, 4.69) is 198 Å². The van der Waals surface area contributed by atoms with E-state index >= 15 is 0 Å². The van der Waals surface area contributed by atoms with Gasteiger partial charge in [0.25, 0.3) is 0 Å². The summed E-state index contributed by atoms with van der Waals surface area (Å²) in [6, 6.07) is 37.3. The minimum atomic E-state index is -0.0995. The Labute approximate surface area is 527 Å². The summed E-state index contributed by atoms with van der Waals surface area (Å²) in [7, 11) is 0. The van der Waals surface area contributed by atoms with Crippen LogP contribution in [0.3, 0.4) is 0 Å². The smallest absolute Gasteiger partial charge is 0.126 e. The molecule has 0 radical (unpaired) electrons. The summed E-state index contributed by atoms with van der Waals surface area (Å²) in [5.74, 6) is 4.01. The highest BCUT2D eigenvalue weighted by molar-refractivity contribution is 6.36. The second-order valence-corrected chi connectivity index (χ2v) is 24.2. The summed E-state index contributed by atoms with van der Waals surface area (Å²) in [5.41, 5.74) is 17.3. The average molecular weight is 1200 g/mol. The highest BCUT2D eigenvalue weighted by Gasteiger charge is 2.09. The minimum absolute atomic E-state index is 0. The minimum Gasteiger partial charge on any atom is -0.264 e. The molecular formula is C75H107Cl3FN5. The van der Waals surface area contributed by atoms with Gasteiger partial charge >= 0.3 is 0 Å². The Morgan fingerprint density at radius 3 is 1.15 bits per heavy atom. The predicted molar refractivity (Wildman–Crippen MR) is 370 cm³/mol. The lowest BCUT2D eigenvalue weighted by Gasteiger charge is -2.09. The monoisotopic (exact) mass is 1200 g/mol. The van der Waals surface area contributed by atoms with E-state index in [4.69, 9.17) is 34.8 Å². The van der Waals surface area contributed by atoms with Gasteiger partial charge in [-0.25, -0.2) is 14.4 Å². The van der Waals surface area contributed by atoms with Gasteiger partial charge in [-0.05, 0) is 193 Å². The zero-order chi connectivity index (χ0) is 62.2. The van der Waals surface area contributed by atoms with Crippen LogP contribution < -0.4 is 0 Å². The number of aromatic nitrogens is 5. The molecule has 0 unspecified atom stereocenters. The fourth-order valence-corrected chi connectivity index (χ4v) is 9.79. The summed E-state index contributed by atoms with van der Waals surface area (Å²) in [4.78, 5) is 20.6. The Bertz CT molecular complexity index is 2630. The summed E-state index contributed by atoms with van der Waals surface area (Å²) in [6.45, 7) is 46.8. The van der Waals surface area contributed by atoms with Crippen LogP contribution in [0.4, 0.5) is 4.39 Å². The first-order chi connectivity index (χ1) is 38.5. The van der Waals surface area contributed by atoms with Crippen LogP contribution in [0.15, 0.2) is 153 Å². The molecule has 0 aliphatic carbocycles. The molecule has 0 spiro atoms. The largest absolute Gasteiger partial charge is 0.264 e. The van der Waals surface area contributed by atoms with Crippen molar-refractivity contribution in [3.63, 3.8) is 0 Å². The quantitative estimate of drug-likeness (QED) is 0.152.